The van der Waals surface area contributed by atoms with Gasteiger partial charge in [0.05, 0.1) is 16.7 Å². The molecule has 11 heteroatoms. The Morgan fingerprint density at radius 1 is 0.806 bits per heavy atom. The summed E-state index contributed by atoms with van der Waals surface area (Å²) in [6.07, 6.45) is 2.95. The molecule has 0 heterocycles. The Balaban J connectivity index is 2.03. The predicted molar refractivity (Wildman–Crippen MR) is 144 cm³/mol. The van der Waals surface area contributed by atoms with Gasteiger partial charge in [0.2, 0.25) is 0 Å². The Morgan fingerprint density at radius 3 is 1.72 bits per heavy atom. The number of esters is 1. The van der Waals surface area contributed by atoms with Gasteiger partial charge in [0.25, 0.3) is 0 Å². The van der Waals surface area contributed by atoms with Crippen molar-refractivity contribution in [1.82, 2.24) is 0 Å². The highest BCUT2D eigenvalue weighted by atomic mass is 35.5. The van der Waals surface area contributed by atoms with Crippen LogP contribution in [0.4, 0.5) is 11.4 Å². The highest BCUT2D eigenvalue weighted by molar-refractivity contribution is 6.36. The van der Waals surface area contributed by atoms with E-state index in [4.69, 9.17) is 51.1 Å². The molecule has 3 aromatic carbocycles. The van der Waals surface area contributed by atoms with Crippen molar-refractivity contribution in [3.63, 3.8) is 0 Å². The van der Waals surface area contributed by atoms with Crippen molar-refractivity contribution in [3.05, 3.63) is 73.2 Å². The molecular formula is C25H20Cl4N2O5. The lowest BCUT2D eigenvalue weighted by Crippen LogP contribution is -2.05. The normalized spacial score (nSPS) is 11.5. The standard InChI is InChI=1S/C25H20Cl4N2O5/c1-2-36-22(32)4-3-13-5-20(30-11-14-7-16(26)9-18(28)23(14)33)25(35)21(6-13)31-12-15-8-17(27)10-19(29)24(15)34/h5-12,33-35H,2-4H2,1H3. The number of phenolic OH excluding ortho intramolecular Hbond substituents is 3. The highest BCUT2D eigenvalue weighted by Gasteiger charge is 2.13. The van der Waals surface area contributed by atoms with Gasteiger partial charge in [0.1, 0.15) is 22.9 Å². The molecule has 0 saturated carbocycles. The molecule has 0 amide bonds. The van der Waals surface area contributed by atoms with E-state index in [1.165, 1.54) is 36.7 Å². The Labute approximate surface area is 227 Å². The molecule has 7 nitrogen and oxygen atoms in total. The van der Waals surface area contributed by atoms with E-state index in [0.717, 1.165) is 0 Å². The fourth-order valence-electron chi connectivity index (χ4n) is 3.13. The first kappa shape index (κ1) is 27.6. The van der Waals surface area contributed by atoms with Crippen LogP contribution in [0.15, 0.2) is 46.4 Å². The van der Waals surface area contributed by atoms with Crippen molar-refractivity contribution in [2.24, 2.45) is 9.98 Å². The molecule has 0 aliphatic carbocycles. The number of carbonyl (C=O) groups excluding carboxylic acids is 1. The second kappa shape index (κ2) is 12.3. The first-order valence-electron chi connectivity index (χ1n) is 10.5. The highest BCUT2D eigenvalue weighted by Crippen LogP contribution is 2.39. The maximum atomic E-state index is 11.8. The molecule has 188 valence electrons. The smallest absolute Gasteiger partial charge is 0.306 e. The van der Waals surface area contributed by atoms with Crippen LogP contribution in [-0.4, -0.2) is 40.3 Å². The average Bonchev–Trinajstić information content (AvgIpc) is 2.82. The maximum Gasteiger partial charge on any atom is 0.306 e. The van der Waals surface area contributed by atoms with Crippen LogP contribution in [0.5, 0.6) is 17.2 Å². The number of aliphatic imine (C=N–C) groups is 2. The van der Waals surface area contributed by atoms with Crippen molar-refractivity contribution >= 4 is 76.2 Å². The maximum absolute atomic E-state index is 11.8. The van der Waals surface area contributed by atoms with Crippen LogP contribution in [0, 0.1) is 0 Å². The molecule has 0 atom stereocenters. The summed E-state index contributed by atoms with van der Waals surface area (Å²) in [5.41, 5.74) is 1.29. The third kappa shape index (κ3) is 7.04. The quantitative estimate of drug-likeness (QED) is 0.193. The van der Waals surface area contributed by atoms with Crippen molar-refractivity contribution in [2.75, 3.05) is 6.61 Å². The number of hydrogen-bond donors (Lipinski definition) is 3. The van der Waals surface area contributed by atoms with E-state index in [1.54, 1.807) is 19.1 Å². The summed E-state index contributed by atoms with van der Waals surface area (Å²) in [4.78, 5) is 20.4. The molecule has 36 heavy (non-hydrogen) atoms. The number of rotatable bonds is 8. The molecule has 0 aromatic heterocycles. The minimum Gasteiger partial charge on any atom is -0.506 e. The second-order valence-corrected chi connectivity index (χ2v) is 9.14. The minimum absolute atomic E-state index is 0.0432. The number of benzene rings is 3. The third-order valence-corrected chi connectivity index (χ3v) is 5.87. The lowest BCUT2D eigenvalue weighted by molar-refractivity contribution is -0.143. The number of phenols is 3. The fourth-order valence-corrected chi connectivity index (χ4v) is 4.15. The van der Waals surface area contributed by atoms with E-state index in [9.17, 15) is 20.1 Å². The molecule has 3 rings (SSSR count). The first-order valence-corrected chi connectivity index (χ1v) is 12.1. The topological polar surface area (TPSA) is 112 Å². The van der Waals surface area contributed by atoms with Crippen LogP contribution in [-0.2, 0) is 16.0 Å². The largest absolute Gasteiger partial charge is 0.506 e. The zero-order chi connectivity index (χ0) is 26.4. The van der Waals surface area contributed by atoms with Crippen LogP contribution < -0.4 is 0 Å². The van der Waals surface area contributed by atoms with Crippen LogP contribution >= 0.6 is 46.4 Å². The number of ether oxygens (including phenoxy) is 1. The van der Waals surface area contributed by atoms with Crippen LogP contribution in [0.1, 0.15) is 30.0 Å². The van der Waals surface area contributed by atoms with Crippen LogP contribution in [0.25, 0.3) is 0 Å². The predicted octanol–water partition coefficient (Wildman–Crippen LogP) is 7.41. The van der Waals surface area contributed by atoms with Gasteiger partial charge >= 0.3 is 5.97 Å². The van der Waals surface area contributed by atoms with E-state index in [2.05, 4.69) is 9.98 Å². The number of aromatic hydroxyl groups is 3. The molecule has 3 aromatic rings. The van der Waals surface area contributed by atoms with E-state index in [0.29, 0.717) is 5.56 Å². The lowest BCUT2D eigenvalue weighted by atomic mass is 10.1. The van der Waals surface area contributed by atoms with Gasteiger partial charge in [0, 0.05) is 40.0 Å². The minimum atomic E-state index is -0.377. The number of carbonyl (C=O) groups is 1. The molecule has 0 fully saturated rings. The first-order chi connectivity index (χ1) is 17.1. The van der Waals surface area contributed by atoms with Crippen molar-refractivity contribution < 1.29 is 24.9 Å². The van der Waals surface area contributed by atoms with E-state index >= 15 is 0 Å². The van der Waals surface area contributed by atoms with Gasteiger partial charge in [-0.05, 0) is 55.3 Å². The Kier molecular flexibility index (Phi) is 9.45. The summed E-state index contributed by atoms with van der Waals surface area (Å²) >= 11 is 23.9. The molecule has 0 aliphatic rings. The number of aryl methyl sites for hydroxylation is 1. The molecule has 0 aliphatic heterocycles. The number of halogens is 4. The van der Waals surface area contributed by atoms with Gasteiger partial charge in [-0.1, -0.05) is 46.4 Å². The van der Waals surface area contributed by atoms with E-state index in [-0.39, 0.29) is 85.3 Å². The molecule has 0 unspecified atom stereocenters. The zero-order valence-electron chi connectivity index (χ0n) is 18.8. The summed E-state index contributed by atoms with van der Waals surface area (Å²) in [6, 6.07) is 8.82. The van der Waals surface area contributed by atoms with Crippen molar-refractivity contribution in [2.45, 2.75) is 19.8 Å². The Hall–Kier alpha value is -2.97. The molecular weight excluding hydrogens is 550 g/mol. The summed E-state index contributed by atoms with van der Waals surface area (Å²) in [7, 11) is 0. The number of hydrogen-bond acceptors (Lipinski definition) is 7. The van der Waals surface area contributed by atoms with E-state index in [1.807, 2.05) is 0 Å². The molecule has 0 radical (unpaired) electrons. The van der Waals surface area contributed by atoms with Gasteiger partial charge < -0.3 is 20.1 Å². The van der Waals surface area contributed by atoms with Crippen molar-refractivity contribution in [1.29, 1.82) is 0 Å². The molecule has 0 spiro atoms. The van der Waals surface area contributed by atoms with Crippen molar-refractivity contribution in [3.8, 4) is 17.2 Å². The molecule has 3 N–H and O–H groups in total. The summed E-state index contributed by atoms with van der Waals surface area (Å²) < 4.78 is 4.98. The number of nitrogens with zero attached hydrogens (tertiary/aromatic N) is 2. The van der Waals surface area contributed by atoms with Gasteiger partial charge in [0.15, 0.2) is 5.75 Å². The zero-order valence-corrected chi connectivity index (χ0v) is 21.8. The van der Waals surface area contributed by atoms with Crippen LogP contribution in [0.3, 0.4) is 0 Å². The summed E-state index contributed by atoms with van der Waals surface area (Å²) in [5.74, 6) is -1.12. The SMILES string of the molecule is CCOC(=O)CCc1cc(N=Cc2cc(Cl)cc(Cl)c2O)c(O)c(N=Cc2cc(Cl)cc(Cl)c2O)c1. The fraction of sp³-hybridized carbons (Fsp3) is 0.160. The lowest BCUT2D eigenvalue weighted by Gasteiger charge is -2.09. The molecule has 0 bridgehead atoms. The summed E-state index contributed by atoms with van der Waals surface area (Å²) in [6.45, 7) is 1.98. The van der Waals surface area contributed by atoms with Gasteiger partial charge in [-0.15, -0.1) is 0 Å². The summed E-state index contributed by atoms with van der Waals surface area (Å²) in [5, 5.41) is 31.9. The van der Waals surface area contributed by atoms with Crippen LogP contribution in [0.2, 0.25) is 20.1 Å². The average molecular weight is 570 g/mol. The second-order valence-electron chi connectivity index (χ2n) is 7.45. The Bertz CT molecular complexity index is 1270. The van der Waals surface area contributed by atoms with Gasteiger partial charge in [-0.3, -0.25) is 14.8 Å². The monoisotopic (exact) mass is 568 g/mol. The molecule has 0 saturated heterocycles. The van der Waals surface area contributed by atoms with Gasteiger partial charge in [-0.25, -0.2) is 0 Å². The Morgan fingerprint density at radius 2 is 1.28 bits per heavy atom. The third-order valence-electron chi connectivity index (χ3n) is 4.85. The van der Waals surface area contributed by atoms with Gasteiger partial charge in [-0.2, -0.15) is 0 Å². The van der Waals surface area contributed by atoms with E-state index < -0.39 is 0 Å².